The van der Waals surface area contributed by atoms with Crippen LogP contribution in [0.1, 0.15) is 37.9 Å². The molecule has 0 amide bonds. The zero-order valence-electron chi connectivity index (χ0n) is 11.3. The van der Waals surface area contributed by atoms with Gasteiger partial charge in [-0.25, -0.2) is 9.97 Å². The molecule has 4 nitrogen and oxygen atoms in total. The average molecular weight is 269 g/mol. The van der Waals surface area contributed by atoms with E-state index in [9.17, 15) is 0 Å². The maximum Gasteiger partial charge on any atom is 0.135 e. The van der Waals surface area contributed by atoms with E-state index in [4.69, 9.17) is 11.6 Å². The van der Waals surface area contributed by atoms with E-state index in [-0.39, 0.29) is 0 Å². The summed E-state index contributed by atoms with van der Waals surface area (Å²) in [6.45, 7) is 3.22. The van der Waals surface area contributed by atoms with Gasteiger partial charge < -0.3 is 10.2 Å². The molecule has 1 unspecified atom stereocenters. The first-order valence-corrected chi connectivity index (χ1v) is 6.88. The molecule has 1 aliphatic carbocycles. The fourth-order valence-electron chi connectivity index (χ4n) is 1.81. The number of anilines is 1. The van der Waals surface area contributed by atoms with E-state index in [1.807, 2.05) is 0 Å². The van der Waals surface area contributed by atoms with E-state index < -0.39 is 0 Å². The summed E-state index contributed by atoms with van der Waals surface area (Å²) >= 11 is 6.03. The smallest absolute Gasteiger partial charge is 0.135 e. The maximum absolute atomic E-state index is 6.03. The van der Waals surface area contributed by atoms with Gasteiger partial charge in [-0.1, -0.05) is 11.6 Å². The summed E-state index contributed by atoms with van der Waals surface area (Å²) < 4.78 is 0. The van der Waals surface area contributed by atoms with Gasteiger partial charge in [0.1, 0.15) is 16.8 Å². The van der Waals surface area contributed by atoms with Gasteiger partial charge in [0.15, 0.2) is 0 Å². The molecule has 1 aromatic heterocycles. The van der Waals surface area contributed by atoms with Crippen LogP contribution in [0.15, 0.2) is 6.07 Å². The lowest BCUT2D eigenvalue weighted by molar-refractivity contribution is 0.390. The molecule has 0 radical (unpaired) electrons. The fraction of sp³-hybridized carbons (Fsp3) is 0.692. The van der Waals surface area contributed by atoms with Crippen LogP contribution in [-0.2, 0) is 0 Å². The first-order valence-electron chi connectivity index (χ1n) is 6.50. The monoisotopic (exact) mass is 268 g/mol. The van der Waals surface area contributed by atoms with Crippen LogP contribution in [0.4, 0.5) is 5.82 Å². The van der Waals surface area contributed by atoms with Crippen molar-refractivity contribution < 1.29 is 0 Å². The highest BCUT2D eigenvalue weighted by molar-refractivity contribution is 6.29. The number of nitrogens with zero attached hydrogens (tertiary/aromatic N) is 3. The highest BCUT2D eigenvalue weighted by Crippen LogP contribution is 2.38. The van der Waals surface area contributed by atoms with E-state index in [1.54, 1.807) is 6.07 Å². The number of hydrogen-bond donors (Lipinski definition) is 1. The summed E-state index contributed by atoms with van der Waals surface area (Å²) in [7, 11) is 4.17. The highest BCUT2D eigenvalue weighted by atomic mass is 35.5. The molecule has 0 spiro atoms. The van der Waals surface area contributed by atoms with Crippen molar-refractivity contribution in [3.05, 3.63) is 17.0 Å². The number of halogens is 1. The van der Waals surface area contributed by atoms with Crippen molar-refractivity contribution in [2.75, 3.05) is 26.0 Å². The second-order valence-corrected chi connectivity index (χ2v) is 5.73. The fourth-order valence-corrected chi connectivity index (χ4v) is 2.00. The molecule has 100 valence electrons. The largest absolute Gasteiger partial charge is 0.367 e. The lowest BCUT2D eigenvalue weighted by Gasteiger charge is -2.17. The minimum atomic E-state index is 0.380. The van der Waals surface area contributed by atoms with Gasteiger partial charge in [0, 0.05) is 18.0 Å². The Hall–Kier alpha value is -0.870. The van der Waals surface area contributed by atoms with Crippen LogP contribution in [0.25, 0.3) is 0 Å². The molecule has 0 aromatic carbocycles. The van der Waals surface area contributed by atoms with E-state index in [0.717, 1.165) is 24.6 Å². The van der Waals surface area contributed by atoms with Gasteiger partial charge in [-0.2, -0.15) is 0 Å². The molecule has 18 heavy (non-hydrogen) atoms. The summed E-state index contributed by atoms with van der Waals surface area (Å²) in [6.07, 6.45) is 3.46. The molecular weight excluding hydrogens is 248 g/mol. The van der Waals surface area contributed by atoms with Crippen molar-refractivity contribution in [2.45, 2.75) is 38.1 Å². The van der Waals surface area contributed by atoms with E-state index >= 15 is 0 Å². The van der Waals surface area contributed by atoms with Gasteiger partial charge in [0.2, 0.25) is 0 Å². The standard InChI is InChI=1S/C13H21ClN4/c1-9(6-7-18(2)3)15-12-8-11(14)16-13(17-12)10-4-5-10/h8-10H,4-7H2,1-3H3,(H,15,16,17). The van der Waals surface area contributed by atoms with Crippen LogP contribution >= 0.6 is 11.6 Å². The van der Waals surface area contributed by atoms with Gasteiger partial charge in [0.05, 0.1) is 0 Å². The van der Waals surface area contributed by atoms with Crippen molar-refractivity contribution in [1.29, 1.82) is 0 Å². The van der Waals surface area contributed by atoms with Gasteiger partial charge in [-0.15, -0.1) is 0 Å². The highest BCUT2D eigenvalue weighted by Gasteiger charge is 2.27. The van der Waals surface area contributed by atoms with E-state index in [2.05, 4.69) is 41.2 Å². The molecule has 0 aliphatic heterocycles. The third kappa shape index (κ3) is 4.10. The normalized spacial score (nSPS) is 16.9. The summed E-state index contributed by atoms with van der Waals surface area (Å²) in [6, 6.07) is 2.19. The Labute approximate surface area is 114 Å². The van der Waals surface area contributed by atoms with E-state index in [0.29, 0.717) is 17.1 Å². The molecule has 1 N–H and O–H groups in total. The summed E-state index contributed by atoms with van der Waals surface area (Å²) in [5.41, 5.74) is 0. The molecule has 0 saturated heterocycles. The Morgan fingerprint density at radius 2 is 2.17 bits per heavy atom. The third-order valence-corrected chi connectivity index (χ3v) is 3.25. The molecule has 1 heterocycles. The minimum absolute atomic E-state index is 0.380. The Morgan fingerprint density at radius 1 is 1.44 bits per heavy atom. The predicted molar refractivity (Wildman–Crippen MR) is 75.3 cm³/mol. The molecular formula is C13H21ClN4. The number of hydrogen-bond acceptors (Lipinski definition) is 4. The first-order chi connectivity index (χ1) is 8.54. The van der Waals surface area contributed by atoms with Crippen LogP contribution in [-0.4, -0.2) is 41.5 Å². The number of rotatable bonds is 6. The van der Waals surface area contributed by atoms with Crippen molar-refractivity contribution >= 4 is 17.4 Å². The predicted octanol–water partition coefficient (Wildman–Crippen LogP) is 2.76. The molecule has 1 aromatic rings. The summed E-state index contributed by atoms with van der Waals surface area (Å²) in [5.74, 6) is 2.27. The van der Waals surface area contributed by atoms with Crippen molar-refractivity contribution in [3.8, 4) is 0 Å². The zero-order chi connectivity index (χ0) is 13.1. The van der Waals surface area contributed by atoms with Crippen molar-refractivity contribution in [3.63, 3.8) is 0 Å². The van der Waals surface area contributed by atoms with Crippen LogP contribution in [0.3, 0.4) is 0 Å². The molecule has 1 aliphatic rings. The molecule has 0 bridgehead atoms. The zero-order valence-corrected chi connectivity index (χ0v) is 12.0. The Kier molecular flexibility index (Phi) is 4.40. The second kappa shape index (κ2) is 5.85. The Balaban J connectivity index is 1.95. The van der Waals surface area contributed by atoms with Crippen LogP contribution in [0.5, 0.6) is 0 Å². The molecule has 1 saturated carbocycles. The SMILES string of the molecule is CC(CCN(C)C)Nc1cc(Cl)nc(C2CC2)n1. The number of aromatic nitrogens is 2. The van der Waals surface area contributed by atoms with Gasteiger partial charge in [0.25, 0.3) is 0 Å². The van der Waals surface area contributed by atoms with Gasteiger partial charge in [-0.3, -0.25) is 0 Å². The third-order valence-electron chi connectivity index (χ3n) is 3.06. The molecule has 2 rings (SSSR count). The summed E-state index contributed by atoms with van der Waals surface area (Å²) in [4.78, 5) is 11.0. The Bertz CT molecular complexity index is 404. The molecule has 1 atom stereocenters. The quantitative estimate of drug-likeness (QED) is 0.806. The molecule has 1 fully saturated rings. The average Bonchev–Trinajstić information content (AvgIpc) is 3.09. The van der Waals surface area contributed by atoms with Crippen molar-refractivity contribution in [1.82, 2.24) is 14.9 Å². The minimum Gasteiger partial charge on any atom is -0.367 e. The lowest BCUT2D eigenvalue weighted by Crippen LogP contribution is -2.23. The first kappa shape index (κ1) is 13.6. The molecule has 5 heteroatoms. The van der Waals surface area contributed by atoms with Crippen LogP contribution < -0.4 is 5.32 Å². The lowest BCUT2D eigenvalue weighted by atomic mass is 10.2. The summed E-state index contributed by atoms with van der Waals surface area (Å²) in [5, 5.41) is 3.94. The van der Waals surface area contributed by atoms with Gasteiger partial charge in [-0.05, 0) is 46.8 Å². The van der Waals surface area contributed by atoms with Crippen LogP contribution in [0, 0.1) is 0 Å². The van der Waals surface area contributed by atoms with Gasteiger partial charge >= 0.3 is 0 Å². The maximum atomic E-state index is 6.03. The van der Waals surface area contributed by atoms with E-state index in [1.165, 1.54) is 12.8 Å². The second-order valence-electron chi connectivity index (χ2n) is 5.35. The van der Waals surface area contributed by atoms with Crippen molar-refractivity contribution in [2.24, 2.45) is 0 Å². The van der Waals surface area contributed by atoms with Crippen LogP contribution in [0.2, 0.25) is 5.15 Å². The number of nitrogens with one attached hydrogen (secondary N) is 1. The topological polar surface area (TPSA) is 41.0 Å². The Morgan fingerprint density at radius 3 is 2.78 bits per heavy atom.